The van der Waals surface area contributed by atoms with Crippen LogP contribution in [0.2, 0.25) is 0 Å². The molecule has 0 N–H and O–H groups in total. The molecule has 0 aliphatic heterocycles. The van der Waals surface area contributed by atoms with E-state index >= 15 is 0 Å². The lowest BCUT2D eigenvalue weighted by Crippen LogP contribution is -2.37. The maximum absolute atomic E-state index is 11.7. The first-order chi connectivity index (χ1) is 7.93. The first kappa shape index (κ1) is 13.9. The maximum Gasteiger partial charge on any atom is 0.241 e. The number of nitrogens with zero attached hydrogens (tertiary/aromatic N) is 4. The Morgan fingerprint density at radius 3 is 2.53 bits per heavy atom. The molecule has 0 bridgehead atoms. The predicted octanol–water partition coefficient (Wildman–Crippen LogP) is 1.46. The van der Waals surface area contributed by atoms with Crippen molar-refractivity contribution in [2.24, 2.45) is 0 Å². The largest absolute Gasteiger partial charge is 0.347 e. The number of carbonyl (C=O) groups excluding carboxylic acids is 1. The van der Waals surface area contributed by atoms with Gasteiger partial charge in [-0.25, -0.2) is 9.97 Å². The van der Waals surface area contributed by atoms with E-state index in [-0.39, 0.29) is 5.91 Å². The molecule has 1 aromatic rings. The van der Waals surface area contributed by atoms with E-state index in [1.54, 1.807) is 19.0 Å². The summed E-state index contributed by atoms with van der Waals surface area (Å²) in [5, 5.41) is 0. The van der Waals surface area contributed by atoms with E-state index in [1.807, 2.05) is 24.8 Å². The van der Waals surface area contributed by atoms with Gasteiger partial charge in [0.25, 0.3) is 0 Å². The lowest BCUT2D eigenvalue weighted by molar-refractivity contribution is -0.127. The average molecular weight is 301 g/mol. The highest BCUT2D eigenvalue weighted by atomic mass is 79.9. The van der Waals surface area contributed by atoms with Crippen LogP contribution in [0.15, 0.2) is 10.7 Å². The van der Waals surface area contributed by atoms with Crippen molar-refractivity contribution >= 4 is 27.7 Å². The van der Waals surface area contributed by atoms with Crippen molar-refractivity contribution in [1.29, 1.82) is 0 Å². The van der Waals surface area contributed by atoms with E-state index in [0.717, 1.165) is 17.0 Å². The van der Waals surface area contributed by atoms with Crippen LogP contribution < -0.4 is 4.90 Å². The zero-order valence-electron chi connectivity index (χ0n) is 10.6. The highest BCUT2D eigenvalue weighted by Crippen LogP contribution is 2.16. The summed E-state index contributed by atoms with van der Waals surface area (Å²) >= 11 is 3.33. The number of amides is 1. The number of aryl methyl sites for hydroxylation is 1. The molecule has 0 fully saturated rings. The SMILES string of the molecule is CCN(CC(=O)N(C)C)c1cc(Br)nc(C)n1. The molecule has 5 nitrogen and oxygen atoms in total. The lowest BCUT2D eigenvalue weighted by atomic mass is 10.4. The molecule has 0 spiro atoms. The third-order valence-electron chi connectivity index (χ3n) is 2.32. The molecule has 0 radical (unpaired) electrons. The monoisotopic (exact) mass is 300 g/mol. The highest BCUT2D eigenvalue weighted by molar-refractivity contribution is 9.10. The quantitative estimate of drug-likeness (QED) is 0.790. The minimum atomic E-state index is 0.0548. The van der Waals surface area contributed by atoms with Gasteiger partial charge in [0.2, 0.25) is 5.91 Å². The van der Waals surface area contributed by atoms with Crippen molar-refractivity contribution < 1.29 is 4.79 Å². The summed E-state index contributed by atoms with van der Waals surface area (Å²) in [4.78, 5) is 23.7. The van der Waals surface area contributed by atoms with Crippen LogP contribution in [0.25, 0.3) is 0 Å². The highest BCUT2D eigenvalue weighted by Gasteiger charge is 2.13. The first-order valence-corrected chi connectivity index (χ1v) is 6.19. The fourth-order valence-corrected chi connectivity index (χ4v) is 1.80. The van der Waals surface area contributed by atoms with Crippen LogP contribution in [0.5, 0.6) is 0 Å². The van der Waals surface area contributed by atoms with E-state index < -0.39 is 0 Å². The minimum Gasteiger partial charge on any atom is -0.347 e. The van der Waals surface area contributed by atoms with Crippen molar-refractivity contribution in [1.82, 2.24) is 14.9 Å². The molecule has 0 aliphatic rings. The second-order valence-corrected chi connectivity index (χ2v) is 4.71. The van der Waals surface area contributed by atoms with Gasteiger partial charge in [-0.1, -0.05) is 0 Å². The molecule has 0 saturated heterocycles. The summed E-state index contributed by atoms with van der Waals surface area (Å²) in [6.45, 7) is 4.87. The molecule has 6 heteroatoms. The number of aromatic nitrogens is 2. The third-order valence-corrected chi connectivity index (χ3v) is 2.73. The number of anilines is 1. The van der Waals surface area contributed by atoms with E-state index in [9.17, 15) is 4.79 Å². The summed E-state index contributed by atoms with van der Waals surface area (Å²) in [5.41, 5.74) is 0. The third kappa shape index (κ3) is 3.96. The van der Waals surface area contributed by atoms with Gasteiger partial charge >= 0.3 is 0 Å². The van der Waals surface area contributed by atoms with Crippen LogP contribution in [-0.4, -0.2) is 48.0 Å². The van der Waals surface area contributed by atoms with Gasteiger partial charge in [0.15, 0.2) is 0 Å². The van der Waals surface area contributed by atoms with Gasteiger partial charge < -0.3 is 9.80 Å². The van der Waals surface area contributed by atoms with Crippen LogP contribution in [-0.2, 0) is 4.79 Å². The number of halogens is 1. The molecule has 1 amide bonds. The van der Waals surface area contributed by atoms with Crippen LogP contribution >= 0.6 is 15.9 Å². The molecule has 1 aromatic heterocycles. The van der Waals surface area contributed by atoms with Crippen molar-refractivity contribution in [2.75, 3.05) is 32.1 Å². The predicted molar refractivity (Wildman–Crippen MR) is 71.1 cm³/mol. The summed E-state index contributed by atoms with van der Waals surface area (Å²) in [7, 11) is 3.49. The summed E-state index contributed by atoms with van der Waals surface area (Å²) in [5.74, 6) is 1.51. The lowest BCUT2D eigenvalue weighted by Gasteiger charge is -2.23. The van der Waals surface area contributed by atoms with Gasteiger partial charge in [0.05, 0.1) is 6.54 Å². The Labute approximate surface area is 110 Å². The van der Waals surface area contributed by atoms with E-state index in [4.69, 9.17) is 0 Å². The van der Waals surface area contributed by atoms with Crippen LogP contribution in [0.1, 0.15) is 12.7 Å². The Bertz CT molecular complexity index is 388. The molecule has 0 atom stereocenters. The fraction of sp³-hybridized carbons (Fsp3) is 0.545. The van der Waals surface area contributed by atoms with Gasteiger partial charge in [-0.15, -0.1) is 0 Å². The first-order valence-electron chi connectivity index (χ1n) is 5.40. The Hall–Kier alpha value is -1.17. The normalized spacial score (nSPS) is 10.2. The molecule has 0 unspecified atom stereocenters. The number of hydrogen-bond acceptors (Lipinski definition) is 4. The Balaban J connectivity index is 2.89. The standard InChI is InChI=1S/C11H17BrN4O/c1-5-16(7-11(17)15(3)4)10-6-9(12)13-8(2)14-10/h6H,5,7H2,1-4H3. The zero-order valence-corrected chi connectivity index (χ0v) is 12.2. The number of likely N-dealkylation sites (N-methyl/N-ethyl adjacent to an activating group) is 2. The minimum absolute atomic E-state index is 0.0548. The van der Waals surface area contributed by atoms with Crippen molar-refractivity contribution in [2.45, 2.75) is 13.8 Å². The van der Waals surface area contributed by atoms with Gasteiger partial charge in [-0.05, 0) is 29.8 Å². The molecule has 0 saturated carbocycles. The fourth-order valence-electron chi connectivity index (χ4n) is 1.34. The zero-order chi connectivity index (χ0) is 13.0. The molecule has 0 aliphatic carbocycles. The Morgan fingerprint density at radius 1 is 1.41 bits per heavy atom. The van der Waals surface area contributed by atoms with Crippen molar-refractivity contribution in [3.8, 4) is 0 Å². The molecule has 17 heavy (non-hydrogen) atoms. The maximum atomic E-state index is 11.7. The van der Waals surface area contributed by atoms with Crippen LogP contribution in [0, 0.1) is 6.92 Å². The van der Waals surface area contributed by atoms with E-state index in [0.29, 0.717) is 12.4 Å². The van der Waals surface area contributed by atoms with Gasteiger partial charge in [0, 0.05) is 26.7 Å². The second-order valence-electron chi connectivity index (χ2n) is 3.90. The molecular formula is C11H17BrN4O. The molecule has 0 aromatic carbocycles. The second kappa shape index (κ2) is 5.95. The van der Waals surface area contributed by atoms with Crippen molar-refractivity contribution in [3.05, 3.63) is 16.5 Å². The van der Waals surface area contributed by atoms with E-state index in [1.165, 1.54) is 0 Å². The van der Waals surface area contributed by atoms with Gasteiger partial charge in [0.1, 0.15) is 16.2 Å². The van der Waals surface area contributed by atoms with Gasteiger partial charge in [-0.2, -0.15) is 0 Å². The Kier molecular flexibility index (Phi) is 4.86. The van der Waals surface area contributed by atoms with Gasteiger partial charge in [-0.3, -0.25) is 4.79 Å². The van der Waals surface area contributed by atoms with E-state index in [2.05, 4.69) is 25.9 Å². The molecular weight excluding hydrogens is 284 g/mol. The topological polar surface area (TPSA) is 49.3 Å². The summed E-state index contributed by atoms with van der Waals surface area (Å²) in [6, 6.07) is 1.82. The van der Waals surface area contributed by atoms with Crippen molar-refractivity contribution in [3.63, 3.8) is 0 Å². The summed E-state index contributed by atoms with van der Waals surface area (Å²) in [6.07, 6.45) is 0. The number of rotatable bonds is 4. The Morgan fingerprint density at radius 2 is 2.06 bits per heavy atom. The average Bonchev–Trinajstić information content (AvgIpc) is 2.23. The summed E-state index contributed by atoms with van der Waals surface area (Å²) < 4.78 is 0.732. The smallest absolute Gasteiger partial charge is 0.241 e. The van der Waals surface area contributed by atoms with Crippen LogP contribution in [0.3, 0.4) is 0 Å². The molecule has 1 rings (SSSR count). The molecule has 94 valence electrons. The number of hydrogen-bond donors (Lipinski definition) is 0. The number of carbonyl (C=O) groups is 1. The van der Waals surface area contributed by atoms with Crippen LogP contribution in [0.4, 0.5) is 5.82 Å². The molecule has 1 heterocycles.